The Hall–Kier alpha value is -2.53. The van der Waals surface area contributed by atoms with E-state index in [4.69, 9.17) is 4.74 Å². The summed E-state index contributed by atoms with van der Waals surface area (Å²) in [6.07, 6.45) is 4.13. The van der Waals surface area contributed by atoms with Crippen LogP contribution in [-0.4, -0.2) is 24.2 Å². The second-order valence-electron chi connectivity index (χ2n) is 6.87. The van der Waals surface area contributed by atoms with Crippen LogP contribution in [0.3, 0.4) is 0 Å². The topological polar surface area (TPSA) is 55.4 Å². The Morgan fingerprint density at radius 1 is 1.07 bits per heavy atom. The molecular formula is C23H27NO3S. The number of amides is 1. The maximum absolute atomic E-state index is 12.5. The van der Waals surface area contributed by atoms with Crippen LogP contribution in [0, 0.1) is 6.92 Å². The predicted octanol–water partition coefficient (Wildman–Crippen LogP) is 5.42. The van der Waals surface area contributed by atoms with Crippen LogP contribution in [0.4, 0.5) is 5.69 Å². The molecule has 0 fully saturated rings. The summed E-state index contributed by atoms with van der Waals surface area (Å²) in [4.78, 5) is 25.7. The summed E-state index contributed by atoms with van der Waals surface area (Å²) < 4.78 is 5.25. The summed E-state index contributed by atoms with van der Waals surface area (Å²) in [5.74, 6) is -0.624. The Kier molecular flexibility index (Phi) is 7.88. The van der Waals surface area contributed by atoms with E-state index in [1.54, 1.807) is 24.8 Å². The van der Waals surface area contributed by atoms with E-state index < -0.39 is 12.1 Å². The largest absolute Gasteiger partial charge is 0.449 e. The van der Waals surface area contributed by atoms with Crippen LogP contribution < -0.4 is 5.32 Å². The highest BCUT2D eigenvalue weighted by Crippen LogP contribution is 2.27. The second-order valence-corrected chi connectivity index (χ2v) is 7.75. The molecule has 1 N–H and O–H groups in total. The molecule has 2 rings (SSSR count). The van der Waals surface area contributed by atoms with Crippen molar-refractivity contribution >= 4 is 35.4 Å². The van der Waals surface area contributed by atoms with Gasteiger partial charge in [0.15, 0.2) is 6.10 Å². The normalized spacial score (nSPS) is 12.2. The molecule has 148 valence electrons. The molecule has 0 spiro atoms. The lowest BCUT2D eigenvalue weighted by molar-refractivity contribution is -0.148. The number of benzene rings is 2. The Balaban J connectivity index is 1.98. The maximum Gasteiger partial charge on any atom is 0.331 e. The number of hydrogen-bond donors (Lipinski definition) is 1. The van der Waals surface area contributed by atoms with Crippen molar-refractivity contribution in [3.05, 3.63) is 65.2 Å². The van der Waals surface area contributed by atoms with Crippen LogP contribution in [0.25, 0.3) is 6.08 Å². The molecule has 0 bridgehead atoms. The van der Waals surface area contributed by atoms with Gasteiger partial charge >= 0.3 is 5.97 Å². The number of nitrogens with one attached hydrogen (secondary N) is 1. The second kappa shape index (κ2) is 10.1. The standard InChI is InChI=1S/C23H27NO3S/c1-15(2)20-8-6-7-16(3)22(20)24-23(26)17(4)27-21(25)14-11-18-9-12-19(28-5)13-10-18/h6-15,17H,1-5H3,(H,24,26)/b14-11+/t17-/m1/s1. The minimum absolute atomic E-state index is 0.272. The molecule has 5 heteroatoms. The van der Waals surface area contributed by atoms with Crippen molar-refractivity contribution in [2.45, 2.75) is 44.6 Å². The highest BCUT2D eigenvalue weighted by molar-refractivity contribution is 7.98. The Morgan fingerprint density at radius 2 is 1.75 bits per heavy atom. The summed E-state index contributed by atoms with van der Waals surface area (Å²) in [7, 11) is 0. The highest BCUT2D eigenvalue weighted by Gasteiger charge is 2.19. The lowest BCUT2D eigenvalue weighted by Crippen LogP contribution is -2.30. The first-order valence-corrected chi connectivity index (χ1v) is 10.5. The van der Waals surface area contributed by atoms with Crippen molar-refractivity contribution in [1.82, 2.24) is 0 Å². The van der Waals surface area contributed by atoms with Gasteiger partial charge < -0.3 is 10.1 Å². The average molecular weight is 398 g/mol. The number of rotatable bonds is 7. The van der Waals surface area contributed by atoms with Gasteiger partial charge in [-0.3, -0.25) is 4.79 Å². The molecule has 4 nitrogen and oxygen atoms in total. The van der Waals surface area contributed by atoms with Crippen LogP contribution in [0.2, 0.25) is 0 Å². The Morgan fingerprint density at radius 3 is 2.36 bits per heavy atom. The molecule has 0 saturated heterocycles. The average Bonchev–Trinajstić information content (AvgIpc) is 2.67. The number of carbonyl (C=O) groups excluding carboxylic acids is 2. The minimum atomic E-state index is -0.893. The van der Waals surface area contributed by atoms with Gasteiger partial charge in [0.25, 0.3) is 5.91 Å². The number of esters is 1. The molecule has 0 aliphatic rings. The van der Waals surface area contributed by atoms with Crippen molar-refractivity contribution < 1.29 is 14.3 Å². The first-order chi connectivity index (χ1) is 13.3. The van der Waals surface area contributed by atoms with Crippen LogP contribution in [0.5, 0.6) is 0 Å². The third-order valence-electron chi connectivity index (χ3n) is 4.37. The Labute approximate surface area is 171 Å². The fourth-order valence-corrected chi connectivity index (χ4v) is 3.12. The summed E-state index contributed by atoms with van der Waals surface area (Å²) in [5, 5.41) is 2.91. The van der Waals surface area contributed by atoms with E-state index in [9.17, 15) is 9.59 Å². The van der Waals surface area contributed by atoms with Gasteiger partial charge in [-0.25, -0.2) is 4.79 Å². The Bertz CT molecular complexity index is 857. The zero-order chi connectivity index (χ0) is 20.7. The smallest absolute Gasteiger partial charge is 0.331 e. The number of thioether (sulfide) groups is 1. The molecule has 0 saturated carbocycles. The van der Waals surface area contributed by atoms with Gasteiger partial charge in [0, 0.05) is 16.7 Å². The lowest BCUT2D eigenvalue weighted by Gasteiger charge is -2.18. The minimum Gasteiger partial charge on any atom is -0.449 e. The molecular weight excluding hydrogens is 370 g/mol. The number of ether oxygens (including phenoxy) is 1. The van der Waals surface area contributed by atoms with Gasteiger partial charge in [-0.1, -0.05) is 44.2 Å². The number of anilines is 1. The van der Waals surface area contributed by atoms with E-state index in [2.05, 4.69) is 19.2 Å². The van der Waals surface area contributed by atoms with Crippen molar-refractivity contribution in [2.75, 3.05) is 11.6 Å². The van der Waals surface area contributed by atoms with Gasteiger partial charge in [0.05, 0.1) is 0 Å². The molecule has 0 heterocycles. The van der Waals surface area contributed by atoms with E-state index in [-0.39, 0.29) is 11.8 Å². The zero-order valence-corrected chi connectivity index (χ0v) is 17.8. The van der Waals surface area contributed by atoms with Crippen molar-refractivity contribution in [2.24, 2.45) is 0 Å². The van der Waals surface area contributed by atoms with Gasteiger partial charge in [-0.05, 0) is 60.9 Å². The van der Waals surface area contributed by atoms with Crippen molar-refractivity contribution in [3.8, 4) is 0 Å². The molecule has 0 radical (unpaired) electrons. The molecule has 2 aromatic rings. The molecule has 1 atom stereocenters. The van der Waals surface area contributed by atoms with Crippen molar-refractivity contribution in [3.63, 3.8) is 0 Å². The zero-order valence-electron chi connectivity index (χ0n) is 17.0. The van der Waals surface area contributed by atoms with E-state index >= 15 is 0 Å². The van der Waals surface area contributed by atoms with Gasteiger partial charge in [0.2, 0.25) is 0 Å². The number of hydrogen-bond acceptors (Lipinski definition) is 4. The summed E-state index contributed by atoms with van der Waals surface area (Å²) in [6, 6.07) is 13.7. The van der Waals surface area contributed by atoms with Crippen LogP contribution in [0.1, 0.15) is 43.4 Å². The highest BCUT2D eigenvalue weighted by atomic mass is 32.2. The summed E-state index contributed by atoms with van der Waals surface area (Å²) in [6.45, 7) is 7.67. The molecule has 0 aromatic heterocycles. The van der Waals surface area contributed by atoms with Crippen LogP contribution in [0.15, 0.2) is 53.4 Å². The van der Waals surface area contributed by atoms with Crippen LogP contribution in [-0.2, 0) is 14.3 Å². The molecule has 2 aromatic carbocycles. The molecule has 0 aliphatic heterocycles. The van der Waals surface area contributed by atoms with Crippen LogP contribution >= 0.6 is 11.8 Å². The third-order valence-corrected chi connectivity index (χ3v) is 5.11. The first kappa shape index (κ1) is 21.8. The number of aryl methyl sites for hydroxylation is 1. The van der Waals surface area contributed by atoms with E-state index in [1.807, 2.05) is 55.6 Å². The lowest BCUT2D eigenvalue weighted by atomic mass is 9.98. The predicted molar refractivity (Wildman–Crippen MR) is 117 cm³/mol. The quantitative estimate of drug-likeness (QED) is 0.385. The molecule has 0 aliphatic carbocycles. The molecule has 1 amide bonds. The SMILES string of the molecule is CSc1ccc(/C=C/C(=O)O[C@H](C)C(=O)Nc2c(C)cccc2C(C)C)cc1. The number of carbonyl (C=O) groups is 2. The van der Waals surface area contributed by atoms with E-state index in [0.717, 1.165) is 27.3 Å². The fraction of sp³-hybridized carbons (Fsp3) is 0.304. The molecule has 28 heavy (non-hydrogen) atoms. The summed E-state index contributed by atoms with van der Waals surface area (Å²) >= 11 is 1.66. The van der Waals surface area contributed by atoms with Gasteiger partial charge in [0.1, 0.15) is 0 Å². The first-order valence-electron chi connectivity index (χ1n) is 9.25. The monoisotopic (exact) mass is 397 g/mol. The fourth-order valence-electron chi connectivity index (χ4n) is 2.71. The van der Waals surface area contributed by atoms with Gasteiger partial charge in [-0.15, -0.1) is 11.8 Å². The molecule has 0 unspecified atom stereocenters. The third kappa shape index (κ3) is 5.99. The van der Waals surface area contributed by atoms with Gasteiger partial charge in [-0.2, -0.15) is 0 Å². The van der Waals surface area contributed by atoms with E-state index in [1.165, 1.54) is 6.08 Å². The van der Waals surface area contributed by atoms with Crippen molar-refractivity contribution in [1.29, 1.82) is 0 Å². The summed E-state index contributed by atoms with van der Waals surface area (Å²) in [5.41, 5.74) is 3.72. The number of para-hydroxylation sites is 1. The maximum atomic E-state index is 12.5. The van der Waals surface area contributed by atoms with E-state index in [0.29, 0.717) is 0 Å².